The molecule has 0 spiro atoms. The smallest absolute Gasteiger partial charge is 0.390 e. The Bertz CT molecular complexity index is 1280. The maximum absolute atomic E-state index is 12.2. The fourth-order valence-electron chi connectivity index (χ4n) is 4.64. The quantitative estimate of drug-likeness (QED) is 0.103. The van der Waals surface area contributed by atoms with Crippen LogP contribution in [0.25, 0.3) is 11.2 Å². The van der Waals surface area contributed by atoms with Gasteiger partial charge < -0.3 is 40.7 Å². The highest BCUT2D eigenvalue weighted by molar-refractivity contribution is 7.61. The second-order valence-electron chi connectivity index (χ2n) is 8.66. The largest absolute Gasteiger partial charge is 0.481 e. The summed E-state index contributed by atoms with van der Waals surface area (Å²) in [6.45, 7) is -1.49. The lowest BCUT2D eigenvalue weighted by atomic mass is 10.1. The second kappa shape index (κ2) is 9.17. The number of rotatable bonds is 0. The number of fused-ring (bicyclic) bond motifs is 7. The van der Waals surface area contributed by atoms with Gasteiger partial charge in [-0.15, -0.1) is 0 Å². The van der Waals surface area contributed by atoms with E-state index in [1.165, 1.54) is 10.9 Å². The van der Waals surface area contributed by atoms with Crippen molar-refractivity contribution >= 4 is 44.2 Å². The molecule has 20 heteroatoms. The van der Waals surface area contributed by atoms with E-state index in [2.05, 4.69) is 18.8 Å². The summed E-state index contributed by atoms with van der Waals surface area (Å²) in [5.74, 6) is -0.921. The molecule has 2 unspecified atom stereocenters. The average molecular weight is 575 g/mol. The number of nitrogens with zero attached hydrogens (tertiary/aromatic N) is 4. The number of nitrogen functional groups attached to an aromatic ring is 1. The fraction of sp³-hybridized carbons (Fsp3) is 0.688. The number of hydrogen-bond acceptors (Lipinski definition) is 13. The van der Waals surface area contributed by atoms with E-state index in [9.17, 15) is 39.3 Å². The maximum Gasteiger partial charge on any atom is 0.481 e. The Hall–Kier alpha value is -1.30. The fourth-order valence-corrected chi connectivity index (χ4v) is 7.04. The van der Waals surface area contributed by atoms with Crippen LogP contribution in [0.4, 0.5) is 5.82 Å². The molecule has 8 N–H and O–H groups in total. The van der Waals surface area contributed by atoms with Crippen LogP contribution in [-0.4, -0.2) is 88.5 Å². The van der Waals surface area contributed by atoms with Crippen LogP contribution in [0.15, 0.2) is 6.33 Å². The molecule has 17 nitrogen and oxygen atoms in total. The van der Waals surface area contributed by atoms with Gasteiger partial charge in [0.05, 0.1) is 19.3 Å². The molecule has 36 heavy (non-hydrogen) atoms. The van der Waals surface area contributed by atoms with Gasteiger partial charge in [-0.2, -0.15) is 4.31 Å². The van der Waals surface area contributed by atoms with Crippen molar-refractivity contribution in [3.63, 3.8) is 0 Å². The number of halogens is 1. The Morgan fingerprint density at radius 3 is 2.42 bits per heavy atom. The lowest BCUT2D eigenvalue weighted by molar-refractivity contribution is -0.717. The van der Waals surface area contributed by atoms with E-state index in [1.54, 1.807) is 0 Å². The number of anilines is 1. The monoisotopic (exact) mass is 574 g/mol. The first-order valence-corrected chi connectivity index (χ1v) is 13.9. The lowest BCUT2D eigenvalue weighted by Gasteiger charge is -2.21. The first-order valence-electron chi connectivity index (χ1n) is 10.6. The van der Waals surface area contributed by atoms with Gasteiger partial charge in [-0.1, -0.05) is 4.98 Å². The number of phosphoric acid groups is 2. The van der Waals surface area contributed by atoms with Gasteiger partial charge in [-0.05, 0) is 18.0 Å². The van der Waals surface area contributed by atoms with Crippen molar-refractivity contribution < 1.29 is 62.0 Å². The third-order valence-corrected chi connectivity index (χ3v) is 9.32. The molecule has 2 fully saturated rings. The van der Waals surface area contributed by atoms with E-state index in [-0.39, 0.29) is 28.7 Å². The minimum absolute atomic E-state index is 0.00937. The molecule has 5 heterocycles. The van der Waals surface area contributed by atoms with E-state index in [0.29, 0.717) is 0 Å². The summed E-state index contributed by atoms with van der Waals surface area (Å²) in [7, 11) is -10.4. The number of aliphatic hydroxyl groups excluding tert-OH is 4. The SMILES string of the molecule is Nc1c2nc(Cl)n3c2nc[n+]1[C@@H]1C[C@H](COP(=O)(O)OP(=O)(O)OC[C@H]2O[C@@H]3[C@H](O)[C@@H]2O)[C@@H](O)[C@H]1O. The summed E-state index contributed by atoms with van der Waals surface area (Å²) in [4.78, 5) is 28.2. The van der Waals surface area contributed by atoms with Gasteiger partial charge in [0.1, 0.15) is 30.5 Å². The third-order valence-electron chi connectivity index (χ3n) is 6.45. The van der Waals surface area contributed by atoms with Gasteiger partial charge in [0.2, 0.25) is 17.3 Å². The summed E-state index contributed by atoms with van der Waals surface area (Å²) >= 11 is 6.28. The molecule has 0 radical (unpaired) electrons. The van der Waals surface area contributed by atoms with Crippen LogP contribution in [-0.2, 0) is 27.2 Å². The molecule has 4 aliphatic rings. The third kappa shape index (κ3) is 4.47. The highest BCUT2D eigenvalue weighted by atomic mass is 35.5. The molecular weight excluding hydrogens is 552 g/mol. The molecule has 0 amide bonds. The predicted molar refractivity (Wildman–Crippen MR) is 115 cm³/mol. The van der Waals surface area contributed by atoms with Crippen molar-refractivity contribution in [3.05, 3.63) is 11.6 Å². The van der Waals surface area contributed by atoms with E-state index in [0.717, 1.165) is 4.57 Å². The van der Waals surface area contributed by atoms with Crippen LogP contribution in [0.2, 0.25) is 5.28 Å². The molecule has 1 saturated heterocycles. The van der Waals surface area contributed by atoms with Crippen LogP contribution < -0.4 is 10.3 Å². The minimum atomic E-state index is -5.24. The van der Waals surface area contributed by atoms with Crippen LogP contribution in [0.3, 0.4) is 0 Å². The maximum atomic E-state index is 12.2. The Kier molecular flexibility index (Phi) is 6.70. The molecule has 200 valence electrons. The molecule has 1 saturated carbocycles. The second-order valence-corrected chi connectivity index (χ2v) is 12.0. The molecule has 6 rings (SSSR count). The summed E-state index contributed by atoms with van der Waals surface area (Å²) < 4.78 is 46.2. The number of aromatic nitrogens is 4. The van der Waals surface area contributed by atoms with Gasteiger partial charge in [-0.3, -0.25) is 13.6 Å². The van der Waals surface area contributed by atoms with E-state index in [4.69, 9.17) is 26.6 Å². The minimum Gasteiger partial charge on any atom is -0.390 e. The molecular formula is C16H23ClN5O12P2+. The van der Waals surface area contributed by atoms with Gasteiger partial charge in [0.25, 0.3) is 5.82 Å². The van der Waals surface area contributed by atoms with Crippen molar-refractivity contribution in [2.75, 3.05) is 18.9 Å². The predicted octanol–water partition coefficient (Wildman–Crippen LogP) is -1.88. The first kappa shape index (κ1) is 26.3. The highest BCUT2D eigenvalue weighted by Crippen LogP contribution is 2.61. The van der Waals surface area contributed by atoms with Gasteiger partial charge in [0.15, 0.2) is 11.7 Å². The Morgan fingerprint density at radius 1 is 1.06 bits per heavy atom. The molecule has 2 aromatic heterocycles. The number of phosphoric ester groups is 2. The number of ether oxygens (including phenoxy) is 1. The standard InChI is InChI=1S/C16H22ClN5O12P2/c17-16-20-8-13(18)21-4-19-14(8)22(16)15-12(26)11(25)7(33-15)3-32-36(29,30)34-35(27,28)31-2-5-1-6(21)10(24)9(5)23/h4-7,9-12,15,18,23-26H,1-3H2,(H2,27,28,29,30)/p+1/t5-,6-,7-,9-,10+,11-,12-,15-/m1/s1. The van der Waals surface area contributed by atoms with Gasteiger partial charge in [-0.25, -0.2) is 18.7 Å². The van der Waals surface area contributed by atoms with Crippen molar-refractivity contribution in [2.45, 2.75) is 49.2 Å². The Morgan fingerprint density at radius 2 is 1.72 bits per heavy atom. The highest BCUT2D eigenvalue weighted by Gasteiger charge is 2.49. The van der Waals surface area contributed by atoms with Crippen molar-refractivity contribution in [1.82, 2.24) is 14.5 Å². The Labute approximate surface area is 206 Å². The number of imidazole rings is 1. The zero-order chi connectivity index (χ0) is 26.2. The summed E-state index contributed by atoms with van der Waals surface area (Å²) in [5, 5.41) is 41.8. The molecule has 1 aliphatic carbocycles. The molecule has 2 aromatic rings. The molecule has 10 atom stereocenters. The van der Waals surface area contributed by atoms with E-state index < -0.39 is 77.6 Å². The van der Waals surface area contributed by atoms with Crippen LogP contribution in [0, 0.1) is 5.92 Å². The zero-order valence-corrected chi connectivity index (χ0v) is 20.6. The summed E-state index contributed by atoms with van der Waals surface area (Å²) in [6, 6.07) is -0.876. The average Bonchev–Trinajstić information content (AvgIpc) is 3.37. The van der Waals surface area contributed by atoms with Crippen LogP contribution >= 0.6 is 27.2 Å². The topological polar surface area (TPSA) is 253 Å². The first-order chi connectivity index (χ1) is 16.8. The van der Waals surface area contributed by atoms with E-state index >= 15 is 0 Å². The zero-order valence-electron chi connectivity index (χ0n) is 18.1. The number of aliphatic hydroxyl groups is 4. The van der Waals surface area contributed by atoms with E-state index in [1.807, 2.05) is 0 Å². The summed E-state index contributed by atoms with van der Waals surface area (Å²) in [5.41, 5.74) is 6.39. The van der Waals surface area contributed by atoms with Crippen molar-refractivity contribution in [1.29, 1.82) is 0 Å². The van der Waals surface area contributed by atoms with Crippen LogP contribution in [0.5, 0.6) is 0 Å². The van der Waals surface area contributed by atoms with Gasteiger partial charge in [0, 0.05) is 5.92 Å². The normalized spacial score (nSPS) is 43.8. The van der Waals surface area contributed by atoms with Crippen molar-refractivity contribution in [3.8, 4) is 0 Å². The van der Waals surface area contributed by atoms with Crippen molar-refractivity contribution in [2.24, 2.45) is 5.92 Å². The lowest BCUT2D eigenvalue weighted by Crippen LogP contribution is -2.48. The van der Waals surface area contributed by atoms with Gasteiger partial charge >= 0.3 is 15.6 Å². The van der Waals surface area contributed by atoms with Crippen LogP contribution in [0.1, 0.15) is 18.7 Å². The Balaban J connectivity index is 1.60. The number of nitrogens with two attached hydrogens (primary N) is 1. The molecule has 0 aromatic carbocycles. The molecule has 3 aliphatic heterocycles. The molecule has 8 bridgehead atoms. The number of hydrogen-bond donors (Lipinski definition) is 7. The summed E-state index contributed by atoms with van der Waals surface area (Å²) in [6.07, 6.45) is -7.68.